The van der Waals surface area contributed by atoms with Crippen molar-refractivity contribution < 1.29 is 0 Å². The van der Waals surface area contributed by atoms with Crippen molar-refractivity contribution >= 4 is 113 Å². The molecule has 3 aromatic heterocycles. The molecular weight excluding hydrogens is 729 g/mol. The highest BCUT2D eigenvalue weighted by atomic mass is 32.1. The van der Waals surface area contributed by atoms with Crippen LogP contribution in [0.3, 0.4) is 0 Å². The topological polar surface area (TPSA) is 16.1 Å². The van der Waals surface area contributed by atoms with Crippen molar-refractivity contribution in [2.75, 3.05) is 4.90 Å². The first kappa shape index (κ1) is 32.4. The normalized spacial score (nSPS) is 11.9. The summed E-state index contributed by atoms with van der Waals surface area (Å²) in [6.07, 6.45) is 1.97. The van der Waals surface area contributed by atoms with Crippen molar-refractivity contribution in [1.82, 2.24) is 4.98 Å². The fourth-order valence-electron chi connectivity index (χ4n) is 8.68. The Bertz CT molecular complexity index is 3370. The molecule has 0 spiro atoms. The molecule has 3 heterocycles. The Balaban J connectivity index is 0.968. The number of hydrogen-bond acceptors (Lipinski definition) is 4. The van der Waals surface area contributed by atoms with Gasteiger partial charge in [-0.1, -0.05) is 127 Å². The molecule has 0 atom stereocenters. The Morgan fingerprint density at radius 2 is 0.807 bits per heavy atom. The number of benzene rings is 9. The number of anilines is 3. The van der Waals surface area contributed by atoms with E-state index in [9.17, 15) is 0 Å². The van der Waals surface area contributed by atoms with Crippen LogP contribution < -0.4 is 4.90 Å². The Hall–Kier alpha value is -6.85. The maximum Gasteiger partial charge on any atom is 0.0702 e. The van der Waals surface area contributed by atoms with Gasteiger partial charge in [0.05, 0.1) is 5.52 Å². The number of aromatic nitrogens is 1. The van der Waals surface area contributed by atoms with Crippen LogP contribution in [0, 0.1) is 0 Å². The molecule has 266 valence electrons. The minimum atomic E-state index is 1.02. The molecule has 0 N–H and O–H groups in total. The minimum absolute atomic E-state index is 1.02. The molecule has 9 aromatic carbocycles. The zero-order valence-corrected chi connectivity index (χ0v) is 32.3. The highest BCUT2D eigenvalue weighted by Crippen LogP contribution is 2.45. The molecule has 12 rings (SSSR count). The minimum Gasteiger partial charge on any atom is -0.310 e. The number of nitrogens with zero attached hydrogens (tertiary/aromatic N) is 2. The van der Waals surface area contributed by atoms with Crippen molar-refractivity contribution in [3.05, 3.63) is 194 Å². The second kappa shape index (κ2) is 12.9. The van der Waals surface area contributed by atoms with Crippen LogP contribution in [-0.2, 0) is 0 Å². The molecule has 0 fully saturated rings. The number of rotatable bonds is 5. The van der Waals surface area contributed by atoms with E-state index in [0.717, 1.165) is 39.1 Å². The van der Waals surface area contributed by atoms with Crippen LogP contribution in [0.4, 0.5) is 17.1 Å². The van der Waals surface area contributed by atoms with Crippen LogP contribution in [-0.4, -0.2) is 4.98 Å². The number of hydrogen-bond donors (Lipinski definition) is 0. The Kier molecular flexibility index (Phi) is 7.31. The molecule has 57 heavy (non-hydrogen) atoms. The average molecular weight is 761 g/mol. The van der Waals surface area contributed by atoms with E-state index in [1.54, 1.807) is 0 Å². The third kappa shape index (κ3) is 5.33. The van der Waals surface area contributed by atoms with E-state index in [2.05, 4.69) is 187 Å². The van der Waals surface area contributed by atoms with Crippen LogP contribution in [0.5, 0.6) is 0 Å². The van der Waals surface area contributed by atoms with E-state index in [1.165, 1.54) is 73.0 Å². The smallest absolute Gasteiger partial charge is 0.0702 e. The van der Waals surface area contributed by atoms with Crippen LogP contribution in [0.2, 0.25) is 0 Å². The summed E-state index contributed by atoms with van der Waals surface area (Å²) in [5.41, 5.74) is 9.07. The fourth-order valence-corrected chi connectivity index (χ4v) is 11.0. The maximum absolute atomic E-state index is 4.69. The Morgan fingerprint density at radius 3 is 1.39 bits per heavy atom. The maximum atomic E-state index is 4.69. The second-order valence-electron chi connectivity index (χ2n) is 14.8. The molecule has 12 aromatic rings. The number of thiophene rings is 2. The lowest BCUT2D eigenvalue weighted by Gasteiger charge is -2.26. The number of pyridine rings is 1. The van der Waals surface area contributed by atoms with E-state index in [-0.39, 0.29) is 0 Å². The molecule has 0 unspecified atom stereocenters. The zero-order valence-electron chi connectivity index (χ0n) is 30.7. The molecule has 0 bridgehead atoms. The van der Waals surface area contributed by atoms with E-state index in [4.69, 9.17) is 4.98 Å². The molecule has 4 heteroatoms. The van der Waals surface area contributed by atoms with Gasteiger partial charge in [0.15, 0.2) is 0 Å². The molecule has 0 aliphatic carbocycles. The van der Waals surface area contributed by atoms with Crippen molar-refractivity contribution in [3.8, 4) is 22.3 Å². The van der Waals surface area contributed by atoms with Crippen LogP contribution in [0.1, 0.15) is 0 Å². The predicted molar refractivity (Wildman–Crippen MR) is 248 cm³/mol. The van der Waals surface area contributed by atoms with Crippen molar-refractivity contribution in [1.29, 1.82) is 0 Å². The molecule has 2 nitrogen and oxygen atoms in total. The number of para-hydroxylation sites is 1. The van der Waals surface area contributed by atoms with Gasteiger partial charge in [0.25, 0.3) is 0 Å². The fraction of sp³-hybridized carbons (Fsp3) is 0. The molecule has 0 radical (unpaired) electrons. The van der Waals surface area contributed by atoms with Gasteiger partial charge in [-0.3, -0.25) is 4.98 Å². The lowest BCUT2D eigenvalue weighted by molar-refractivity contribution is 1.30. The molecular formula is C53H32N2S2. The summed E-state index contributed by atoms with van der Waals surface area (Å²) in [7, 11) is 0. The first-order chi connectivity index (χ1) is 28.2. The quantitative estimate of drug-likeness (QED) is 0.174. The third-order valence-corrected chi connectivity index (χ3v) is 13.7. The zero-order chi connectivity index (χ0) is 37.5. The molecule has 0 aliphatic rings. The van der Waals surface area contributed by atoms with Crippen LogP contribution in [0.25, 0.3) is 95.0 Å². The summed E-state index contributed by atoms with van der Waals surface area (Å²) in [6.45, 7) is 0. The van der Waals surface area contributed by atoms with Crippen molar-refractivity contribution in [2.45, 2.75) is 0 Å². The summed E-state index contributed by atoms with van der Waals surface area (Å²) >= 11 is 3.75. The SMILES string of the molecule is c1ccc2ncc(-c3ccc(-c4ccc(N(c5ccc6c(c5)sc5ccc7ccccc7c56)c5ccc6c(c5)sc5ccc7ccccc7c56)cc4)cc3)cc2c1. The first-order valence-corrected chi connectivity index (χ1v) is 20.9. The Labute approximate surface area is 337 Å². The van der Waals surface area contributed by atoms with Gasteiger partial charge in [0, 0.05) is 74.6 Å². The van der Waals surface area contributed by atoms with Gasteiger partial charge in [0.1, 0.15) is 0 Å². The van der Waals surface area contributed by atoms with E-state index in [1.807, 2.05) is 34.9 Å². The third-order valence-electron chi connectivity index (χ3n) is 11.5. The van der Waals surface area contributed by atoms with Crippen molar-refractivity contribution in [3.63, 3.8) is 0 Å². The van der Waals surface area contributed by atoms with E-state index < -0.39 is 0 Å². The summed E-state index contributed by atoms with van der Waals surface area (Å²) in [6, 6.07) is 68.9. The van der Waals surface area contributed by atoms with Gasteiger partial charge in [-0.25, -0.2) is 0 Å². The lowest BCUT2D eigenvalue weighted by atomic mass is 10.00. The monoisotopic (exact) mass is 760 g/mol. The second-order valence-corrected chi connectivity index (χ2v) is 16.9. The first-order valence-electron chi connectivity index (χ1n) is 19.3. The van der Waals surface area contributed by atoms with Gasteiger partial charge < -0.3 is 4.90 Å². The van der Waals surface area contributed by atoms with Crippen molar-refractivity contribution in [2.24, 2.45) is 0 Å². The highest BCUT2D eigenvalue weighted by molar-refractivity contribution is 7.26. The van der Waals surface area contributed by atoms with Crippen LogP contribution >= 0.6 is 22.7 Å². The van der Waals surface area contributed by atoms with E-state index in [0.29, 0.717) is 0 Å². The van der Waals surface area contributed by atoms with Gasteiger partial charge in [-0.2, -0.15) is 0 Å². The molecule has 0 saturated heterocycles. The van der Waals surface area contributed by atoms with Gasteiger partial charge in [-0.05, 0) is 98.9 Å². The van der Waals surface area contributed by atoms with E-state index >= 15 is 0 Å². The molecule has 0 aliphatic heterocycles. The van der Waals surface area contributed by atoms with Gasteiger partial charge in [-0.15, -0.1) is 22.7 Å². The summed E-state index contributed by atoms with van der Waals surface area (Å²) in [5.74, 6) is 0. The molecule has 0 saturated carbocycles. The Morgan fingerprint density at radius 1 is 0.333 bits per heavy atom. The molecule has 0 amide bonds. The summed E-state index contributed by atoms with van der Waals surface area (Å²) < 4.78 is 5.21. The summed E-state index contributed by atoms with van der Waals surface area (Å²) in [5, 5.41) is 11.6. The van der Waals surface area contributed by atoms with Crippen LogP contribution in [0.15, 0.2) is 194 Å². The highest BCUT2D eigenvalue weighted by Gasteiger charge is 2.18. The largest absolute Gasteiger partial charge is 0.310 e. The predicted octanol–water partition coefficient (Wildman–Crippen LogP) is 16.1. The van der Waals surface area contributed by atoms with Gasteiger partial charge >= 0.3 is 0 Å². The average Bonchev–Trinajstić information content (AvgIpc) is 3.85. The lowest BCUT2D eigenvalue weighted by Crippen LogP contribution is -2.09. The summed E-state index contributed by atoms with van der Waals surface area (Å²) in [4.78, 5) is 7.11. The van der Waals surface area contributed by atoms with Gasteiger partial charge in [0.2, 0.25) is 0 Å². The standard InChI is InChI=1S/C53H32N2S2/c1-4-10-43-36(7-1)19-27-48-52(43)45-25-23-41(30-50(45)56-48)55(42-24-26-46-51(31-42)57-49-28-20-37-8-2-5-11-44(37)53(46)49)40-21-17-34(18-22-40)33-13-15-35(16-14-33)39-29-38-9-3-6-12-47(38)54-32-39/h1-32H. The number of fused-ring (bicyclic) bond motifs is 11.